The Balaban J connectivity index is 2.16. The number of hydrogen-bond donors (Lipinski definition) is 2. The lowest BCUT2D eigenvalue weighted by atomic mass is 10.0. The van der Waals surface area contributed by atoms with Gasteiger partial charge in [-0.1, -0.05) is 30.3 Å². The normalized spacial score (nSPS) is 13.7. The van der Waals surface area contributed by atoms with E-state index in [9.17, 15) is 9.59 Å². The molecule has 0 aromatic heterocycles. The number of carbonyl (C=O) groups excluding carboxylic acids is 2. The molecule has 0 fully saturated rings. The molecular weight excluding hydrogens is 328 g/mol. The molecule has 0 spiro atoms. The largest absolute Gasteiger partial charge is 0.444 e. The van der Waals surface area contributed by atoms with Crippen molar-refractivity contribution in [2.75, 3.05) is 6.54 Å². The van der Waals surface area contributed by atoms with Crippen LogP contribution >= 0.6 is 0 Å². The van der Waals surface area contributed by atoms with E-state index in [1.165, 1.54) is 5.56 Å². The molecule has 2 N–H and O–H groups in total. The zero-order chi connectivity index (χ0) is 19.4. The number of hydrogen-bond acceptors (Lipinski definition) is 4. The van der Waals surface area contributed by atoms with Gasteiger partial charge in [-0.25, -0.2) is 4.79 Å². The Kier molecular flexibility index (Phi) is 9.96. The molecule has 5 nitrogen and oxygen atoms in total. The van der Waals surface area contributed by atoms with Crippen molar-refractivity contribution in [3.8, 4) is 0 Å². The number of benzene rings is 1. The van der Waals surface area contributed by atoms with Crippen molar-refractivity contribution < 1.29 is 14.3 Å². The third-order valence-corrected chi connectivity index (χ3v) is 3.98. The number of unbranched alkanes of at least 4 members (excludes halogenated alkanes) is 1. The Bertz CT molecular complexity index is 526. The van der Waals surface area contributed by atoms with Crippen molar-refractivity contribution in [1.29, 1.82) is 0 Å². The van der Waals surface area contributed by atoms with E-state index >= 15 is 0 Å². The van der Waals surface area contributed by atoms with Crippen LogP contribution in [0.3, 0.4) is 0 Å². The maximum absolute atomic E-state index is 11.5. The minimum Gasteiger partial charge on any atom is -0.444 e. The molecule has 1 rings (SSSR count). The first kappa shape index (κ1) is 22.2. The quantitative estimate of drug-likeness (QED) is 0.463. The lowest BCUT2D eigenvalue weighted by Gasteiger charge is -2.20. The molecule has 0 aliphatic heterocycles. The molecule has 1 amide bonds. The molecule has 2 atom stereocenters. The van der Waals surface area contributed by atoms with Crippen LogP contribution in [0.1, 0.15) is 58.9 Å². The second kappa shape index (κ2) is 11.7. The van der Waals surface area contributed by atoms with Gasteiger partial charge in [-0.15, -0.1) is 0 Å². The van der Waals surface area contributed by atoms with E-state index in [4.69, 9.17) is 4.74 Å². The summed E-state index contributed by atoms with van der Waals surface area (Å²) in [5, 5.41) is 6.13. The van der Waals surface area contributed by atoms with Crippen molar-refractivity contribution in [3.63, 3.8) is 0 Å². The predicted molar refractivity (Wildman–Crippen MR) is 105 cm³/mol. The van der Waals surface area contributed by atoms with Gasteiger partial charge in [0, 0.05) is 12.6 Å². The average molecular weight is 363 g/mol. The molecule has 0 aliphatic carbocycles. The van der Waals surface area contributed by atoms with Crippen LogP contribution in [0.25, 0.3) is 0 Å². The first-order valence-electron chi connectivity index (χ1n) is 9.52. The van der Waals surface area contributed by atoms with Gasteiger partial charge in [-0.3, -0.25) is 0 Å². The number of nitrogens with one attached hydrogen (secondary N) is 2. The van der Waals surface area contributed by atoms with Crippen molar-refractivity contribution >= 4 is 12.4 Å². The predicted octanol–water partition coefficient (Wildman–Crippen LogP) is 3.86. The molecule has 0 radical (unpaired) electrons. The number of aryl methyl sites for hydroxylation is 1. The van der Waals surface area contributed by atoms with Gasteiger partial charge in [0.05, 0.1) is 6.04 Å². The summed E-state index contributed by atoms with van der Waals surface area (Å²) >= 11 is 0. The molecule has 0 saturated heterocycles. The average Bonchev–Trinajstić information content (AvgIpc) is 2.58. The van der Waals surface area contributed by atoms with Gasteiger partial charge in [0.2, 0.25) is 0 Å². The van der Waals surface area contributed by atoms with E-state index < -0.39 is 11.7 Å². The molecular formula is C21H34N2O3. The Labute approximate surface area is 157 Å². The SMILES string of the molecule is C[C@H](CCc1ccccc1)N[C@H](C=O)CCCCNC(=O)OC(C)(C)C. The fourth-order valence-corrected chi connectivity index (χ4v) is 2.66. The third-order valence-electron chi connectivity index (χ3n) is 3.98. The minimum absolute atomic E-state index is 0.137. The second-order valence-electron chi connectivity index (χ2n) is 7.76. The maximum Gasteiger partial charge on any atom is 0.407 e. The molecule has 0 heterocycles. The summed E-state index contributed by atoms with van der Waals surface area (Å²) in [5.41, 5.74) is 0.837. The van der Waals surface area contributed by atoms with E-state index in [0.29, 0.717) is 6.54 Å². The fourth-order valence-electron chi connectivity index (χ4n) is 2.66. The van der Waals surface area contributed by atoms with E-state index in [2.05, 4.69) is 29.7 Å². The van der Waals surface area contributed by atoms with Crippen molar-refractivity contribution in [2.24, 2.45) is 0 Å². The Morgan fingerprint density at radius 2 is 1.85 bits per heavy atom. The molecule has 146 valence electrons. The van der Waals surface area contributed by atoms with Crippen molar-refractivity contribution in [2.45, 2.75) is 77.5 Å². The molecule has 1 aromatic carbocycles. The van der Waals surface area contributed by atoms with Crippen LogP contribution in [0.4, 0.5) is 4.79 Å². The van der Waals surface area contributed by atoms with Crippen LogP contribution in [0.2, 0.25) is 0 Å². The van der Waals surface area contributed by atoms with Crippen LogP contribution < -0.4 is 10.6 Å². The summed E-state index contributed by atoms with van der Waals surface area (Å²) in [6.07, 6.45) is 5.06. The Morgan fingerprint density at radius 3 is 2.46 bits per heavy atom. The van der Waals surface area contributed by atoms with Crippen molar-refractivity contribution in [1.82, 2.24) is 10.6 Å². The standard InChI is InChI=1S/C21H34N2O3/c1-17(13-14-18-10-6-5-7-11-18)23-19(16-24)12-8-9-15-22-20(25)26-21(2,3)4/h5-7,10-11,16-17,19,23H,8-9,12-15H2,1-4H3,(H,22,25)/t17-,19+/m1/s1. The van der Waals surface area contributed by atoms with Crippen LogP contribution in [-0.4, -0.2) is 36.6 Å². The van der Waals surface area contributed by atoms with E-state index in [0.717, 1.165) is 38.4 Å². The van der Waals surface area contributed by atoms with Gasteiger partial charge >= 0.3 is 6.09 Å². The van der Waals surface area contributed by atoms with Gasteiger partial charge in [0.25, 0.3) is 0 Å². The fraction of sp³-hybridized carbons (Fsp3) is 0.619. The highest BCUT2D eigenvalue weighted by Gasteiger charge is 2.15. The molecule has 0 bridgehead atoms. The van der Waals surface area contributed by atoms with Crippen LogP contribution in [0, 0.1) is 0 Å². The maximum atomic E-state index is 11.5. The molecule has 0 unspecified atom stereocenters. The topological polar surface area (TPSA) is 67.4 Å². The minimum atomic E-state index is -0.480. The van der Waals surface area contributed by atoms with Crippen LogP contribution in [0.5, 0.6) is 0 Å². The lowest BCUT2D eigenvalue weighted by Crippen LogP contribution is -2.38. The van der Waals surface area contributed by atoms with Gasteiger partial charge in [0.1, 0.15) is 11.9 Å². The van der Waals surface area contributed by atoms with Gasteiger partial charge in [0.15, 0.2) is 0 Å². The van der Waals surface area contributed by atoms with E-state index in [1.54, 1.807) is 0 Å². The highest BCUT2D eigenvalue weighted by molar-refractivity contribution is 5.67. The van der Waals surface area contributed by atoms with Gasteiger partial charge in [-0.2, -0.15) is 0 Å². The third kappa shape index (κ3) is 10.9. The van der Waals surface area contributed by atoms with Gasteiger partial charge < -0.3 is 20.2 Å². The Morgan fingerprint density at radius 1 is 1.15 bits per heavy atom. The molecule has 26 heavy (non-hydrogen) atoms. The van der Waals surface area contributed by atoms with Crippen LogP contribution in [-0.2, 0) is 16.0 Å². The summed E-state index contributed by atoms with van der Waals surface area (Å²) in [6.45, 7) is 8.19. The second-order valence-corrected chi connectivity index (χ2v) is 7.76. The number of aldehydes is 1. The molecule has 1 aromatic rings. The summed E-state index contributed by atoms with van der Waals surface area (Å²) in [7, 11) is 0. The Hall–Kier alpha value is -1.88. The number of ether oxygens (including phenoxy) is 1. The number of carbonyl (C=O) groups is 2. The van der Waals surface area contributed by atoms with Gasteiger partial charge in [-0.05, 0) is 65.4 Å². The number of rotatable bonds is 11. The number of amides is 1. The first-order valence-corrected chi connectivity index (χ1v) is 9.52. The van der Waals surface area contributed by atoms with Crippen LogP contribution in [0.15, 0.2) is 30.3 Å². The monoisotopic (exact) mass is 362 g/mol. The highest BCUT2D eigenvalue weighted by atomic mass is 16.6. The van der Waals surface area contributed by atoms with E-state index in [-0.39, 0.29) is 12.1 Å². The number of alkyl carbamates (subject to hydrolysis) is 1. The summed E-state index contributed by atoms with van der Waals surface area (Å²) < 4.78 is 5.18. The summed E-state index contributed by atoms with van der Waals surface area (Å²) in [6, 6.07) is 10.5. The molecule has 5 heteroatoms. The first-order chi connectivity index (χ1) is 12.3. The summed E-state index contributed by atoms with van der Waals surface area (Å²) in [5.74, 6) is 0. The zero-order valence-electron chi connectivity index (χ0n) is 16.6. The summed E-state index contributed by atoms with van der Waals surface area (Å²) in [4.78, 5) is 22.8. The zero-order valence-corrected chi connectivity index (χ0v) is 16.6. The smallest absolute Gasteiger partial charge is 0.407 e. The molecule has 0 saturated carbocycles. The van der Waals surface area contributed by atoms with E-state index in [1.807, 2.05) is 39.0 Å². The molecule has 0 aliphatic rings. The lowest BCUT2D eigenvalue weighted by molar-refractivity contribution is -0.109. The van der Waals surface area contributed by atoms with Crippen molar-refractivity contribution in [3.05, 3.63) is 35.9 Å². The highest BCUT2D eigenvalue weighted by Crippen LogP contribution is 2.08.